The van der Waals surface area contributed by atoms with Crippen molar-refractivity contribution in [3.05, 3.63) is 54.1 Å². The zero-order valence-electron chi connectivity index (χ0n) is 15.0. The number of para-hydroxylation sites is 1. The number of anilines is 1. The summed E-state index contributed by atoms with van der Waals surface area (Å²) in [6, 6.07) is 13.2. The molecule has 1 heterocycles. The second-order valence-corrected chi connectivity index (χ2v) is 7.08. The number of phenolic OH excluding ortho intramolecular Hbond substituents is 1. The van der Waals surface area contributed by atoms with Gasteiger partial charge in [-0.05, 0) is 30.3 Å². The van der Waals surface area contributed by atoms with Crippen LogP contribution in [0.25, 0.3) is 0 Å². The Morgan fingerprint density at radius 2 is 1.93 bits per heavy atom. The minimum Gasteiger partial charge on any atom is -0.508 e. The van der Waals surface area contributed by atoms with Gasteiger partial charge in [0, 0.05) is 18.2 Å². The molecule has 1 fully saturated rings. The number of nitrogens with zero attached hydrogens (tertiary/aromatic N) is 1. The molecule has 9 heteroatoms. The van der Waals surface area contributed by atoms with E-state index in [1.807, 2.05) is 0 Å². The fraction of sp³-hybridized carbons (Fsp3) is 0.211. The molecule has 0 saturated carbocycles. The first-order valence-corrected chi connectivity index (χ1v) is 9.50. The summed E-state index contributed by atoms with van der Waals surface area (Å²) < 4.78 is 5.42. The molecule has 1 saturated heterocycles. The first kappa shape index (κ1) is 19.6. The molecule has 1 aliphatic rings. The zero-order chi connectivity index (χ0) is 20.1. The highest BCUT2D eigenvalue weighted by Gasteiger charge is 2.35. The smallest absolute Gasteiger partial charge is 0.276 e. The minimum atomic E-state index is -0.505. The van der Waals surface area contributed by atoms with Crippen LogP contribution in [-0.2, 0) is 14.4 Å². The number of rotatable bonds is 6. The van der Waals surface area contributed by atoms with Crippen LogP contribution in [0.2, 0.25) is 0 Å². The van der Waals surface area contributed by atoms with E-state index in [9.17, 15) is 19.5 Å². The second kappa shape index (κ2) is 8.66. The highest BCUT2D eigenvalue weighted by atomic mass is 32.2. The average molecular weight is 401 g/mol. The van der Waals surface area contributed by atoms with E-state index in [1.54, 1.807) is 42.5 Å². The molecule has 3 N–H and O–H groups in total. The van der Waals surface area contributed by atoms with E-state index in [4.69, 9.17) is 4.74 Å². The number of carbonyl (C=O) groups excluding carboxylic acids is 3. The predicted molar refractivity (Wildman–Crippen MR) is 105 cm³/mol. The Bertz CT molecular complexity index is 887. The summed E-state index contributed by atoms with van der Waals surface area (Å²) in [7, 11) is 0. The molecule has 0 radical (unpaired) electrons. The number of thioether (sulfide) groups is 1. The van der Waals surface area contributed by atoms with Crippen LogP contribution in [0, 0.1) is 0 Å². The normalized spacial score (nSPS) is 16.0. The van der Waals surface area contributed by atoms with E-state index in [2.05, 4.69) is 10.7 Å². The lowest BCUT2D eigenvalue weighted by atomic mass is 10.2. The molecular formula is C19H19N3O5S. The number of hydrogen-bond donors (Lipinski definition) is 3. The van der Waals surface area contributed by atoms with Crippen LogP contribution in [0.3, 0.4) is 0 Å². The van der Waals surface area contributed by atoms with Crippen molar-refractivity contribution in [2.75, 3.05) is 17.7 Å². The van der Waals surface area contributed by atoms with E-state index < -0.39 is 11.3 Å². The quantitative estimate of drug-likeness (QED) is 0.684. The van der Waals surface area contributed by atoms with Gasteiger partial charge in [0.25, 0.3) is 11.8 Å². The van der Waals surface area contributed by atoms with Gasteiger partial charge < -0.3 is 15.2 Å². The Morgan fingerprint density at radius 1 is 1.21 bits per heavy atom. The molecule has 2 aromatic carbocycles. The molecule has 2 aromatic rings. The Kier molecular flexibility index (Phi) is 6.05. The summed E-state index contributed by atoms with van der Waals surface area (Å²) in [4.78, 5) is 35.4. The number of hydrazine groups is 1. The van der Waals surface area contributed by atoms with E-state index in [0.29, 0.717) is 17.0 Å². The van der Waals surface area contributed by atoms with Gasteiger partial charge in [-0.25, -0.2) is 5.01 Å². The second-order valence-electron chi connectivity index (χ2n) is 6.02. The van der Waals surface area contributed by atoms with Gasteiger partial charge in [-0.15, -0.1) is 11.8 Å². The molecule has 3 amide bonds. The van der Waals surface area contributed by atoms with Gasteiger partial charge in [-0.3, -0.25) is 19.8 Å². The summed E-state index contributed by atoms with van der Waals surface area (Å²) in [5, 5.41) is 13.4. The van der Waals surface area contributed by atoms with Crippen molar-refractivity contribution in [2.24, 2.45) is 0 Å². The van der Waals surface area contributed by atoms with Crippen LogP contribution in [0.4, 0.5) is 5.69 Å². The van der Waals surface area contributed by atoms with Gasteiger partial charge in [0.2, 0.25) is 5.91 Å². The summed E-state index contributed by atoms with van der Waals surface area (Å²) in [5.41, 5.74) is 3.71. The Morgan fingerprint density at radius 3 is 2.61 bits per heavy atom. The largest absolute Gasteiger partial charge is 0.508 e. The summed E-state index contributed by atoms with van der Waals surface area (Å²) in [5.74, 6) is -0.230. The molecule has 28 heavy (non-hydrogen) atoms. The standard InChI is InChI=1S/C19H19N3O5S/c1-12(23)20-13-6-8-14(9-7-13)27-10-17(25)21-22-18(26)11-28-19(22)15-4-2-3-5-16(15)24/h2-9,19,24H,10-11H2,1H3,(H,20,23)(H,21,25). The van der Waals surface area contributed by atoms with Gasteiger partial charge >= 0.3 is 0 Å². The number of aromatic hydroxyl groups is 1. The van der Waals surface area contributed by atoms with Crippen LogP contribution >= 0.6 is 11.8 Å². The van der Waals surface area contributed by atoms with E-state index in [-0.39, 0.29) is 29.9 Å². The van der Waals surface area contributed by atoms with E-state index in [1.165, 1.54) is 29.8 Å². The SMILES string of the molecule is CC(=O)Nc1ccc(OCC(=O)NN2C(=O)CSC2c2ccccc2O)cc1. The average Bonchev–Trinajstić information content (AvgIpc) is 3.01. The molecule has 3 rings (SSSR count). The summed E-state index contributed by atoms with van der Waals surface area (Å²) in [6.45, 7) is 1.12. The van der Waals surface area contributed by atoms with Crippen molar-refractivity contribution in [1.29, 1.82) is 0 Å². The van der Waals surface area contributed by atoms with Crippen LogP contribution in [0.1, 0.15) is 17.9 Å². The van der Waals surface area contributed by atoms with Gasteiger partial charge in [-0.2, -0.15) is 0 Å². The Balaban J connectivity index is 1.58. The number of nitrogens with one attached hydrogen (secondary N) is 2. The molecule has 1 aliphatic heterocycles. The Hall–Kier alpha value is -3.20. The highest BCUT2D eigenvalue weighted by molar-refractivity contribution is 8.00. The van der Waals surface area contributed by atoms with Crippen molar-refractivity contribution in [2.45, 2.75) is 12.3 Å². The van der Waals surface area contributed by atoms with Crippen molar-refractivity contribution >= 4 is 35.2 Å². The van der Waals surface area contributed by atoms with Gasteiger partial charge in [0.15, 0.2) is 6.61 Å². The van der Waals surface area contributed by atoms with Gasteiger partial charge in [0.1, 0.15) is 16.9 Å². The fourth-order valence-electron chi connectivity index (χ4n) is 2.62. The van der Waals surface area contributed by atoms with Crippen molar-refractivity contribution in [3.63, 3.8) is 0 Å². The van der Waals surface area contributed by atoms with Crippen LogP contribution in [0.5, 0.6) is 11.5 Å². The third kappa shape index (κ3) is 4.74. The van der Waals surface area contributed by atoms with Crippen LogP contribution in [0.15, 0.2) is 48.5 Å². The lowest BCUT2D eigenvalue weighted by molar-refractivity contribution is -0.140. The van der Waals surface area contributed by atoms with E-state index >= 15 is 0 Å². The molecule has 0 bridgehead atoms. The molecule has 1 unspecified atom stereocenters. The summed E-state index contributed by atoms with van der Waals surface area (Å²) in [6.07, 6.45) is 0. The number of phenols is 1. The topological polar surface area (TPSA) is 108 Å². The molecular weight excluding hydrogens is 382 g/mol. The maximum Gasteiger partial charge on any atom is 0.276 e. The fourth-order valence-corrected chi connectivity index (χ4v) is 3.76. The maximum atomic E-state index is 12.2. The first-order valence-electron chi connectivity index (χ1n) is 8.45. The van der Waals surface area contributed by atoms with E-state index in [0.717, 1.165) is 0 Å². The third-order valence-corrected chi connectivity index (χ3v) is 5.05. The molecule has 8 nitrogen and oxygen atoms in total. The number of carbonyl (C=O) groups is 3. The lowest BCUT2D eigenvalue weighted by Gasteiger charge is -2.25. The van der Waals surface area contributed by atoms with Crippen LogP contribution < -0.4 is 15.5 Å². The number of hydrogen-bond acceptors (Lipinski definition) is 6. The molecule has 1 atom stereocenters. The number of ether oxygens (including phenoxy) is 1. The number of amides is 3. The van der Waals surface area contributed by atoms with Crippen LogP contribution in [-0.4, -0.2) is 40.2 Å². The minimum absolute atomic E-state index is 0.0597. The van der Waals surface area contributed by atoms with Gasteiger partial charge in [-0.1, -0.05) is 18.2 Å². The Labute approximate surface area is 165 Å². The van der Waals surface area contributed by atoms with Crippen molar-refractivity contribution < 1.29 is 24.2 Å². The first-order chi connectivity index (χ1) is 13.4. The maximum absolute atomic E-state index is 12.2. The third-order valence-electron chi connectivity index (χ3n) is 3.86. The zero-order valence-corrected chi connectivity index (χ0v) is 15.9. The van der Waals surface area contributed by atoms with Crippen molar-refractivity contribution in [3.8, 4) is 11.5 Å². The lowest BCUT2D eigenvalue weighted by Crippen LogP contribution is -2.46. The highest BCUT2D eigenvalue weighted by Crippen LogP contribution is 2.40. The molecule has 146 valence electrons. The summed E-state index contributed by atoms with van der Waals surface area (Å²) >= 11 is 1.32. The number of benzene rings is 2. The molecule has 0 spiro atoms. The molecule has 0 aromatic heterocycles. The monoisotopic (exact) mass is 401 g/mol. The van der Waals surface area contributed by atoms with Crippen molar-refractivity contribution in [1.82, 2.24) is 10.4 Å². The van der Waals surface area contributed by atoms with Gasteiger partial charge in [0.05, 0.1) is 5.75 Å². The molecule has 0 aliphatic carbocycles. The predicted octanol–water partition coefficient (Wildman–Crippen LogP) is 2.03.